The zero-order valence-corrected chi connectivity index (χ0v) is 12.3. The topological polar surface area (TPSA) is 29.3 Å². The standard InChI is InChI=1S/C15H22N2S/c1-15(2,11-16)17(3)9-8-12-10-18-14-7-5-4-6-13(12)14/h4-7,10H,8-9,11,16H2,1-3H3. The van der Waals surface area contributed by atoms with Gasteiger partial charge in [0, 0.05) is 23.3 Å². The molecule has 2 rings (SSSR count). The van der Waals surface area contributed by atoms with Crippen LogP contribution in [0.2, 0.25) is 0 Å². The Morgan fingerprint density at radius 2 is 2.00 bits per heavy atom. The zero-order valence-electron chi connectivity index (χ0n) is 11.4. The Balaban J connectivity index is 2.07. The summed E-state index contributed by atoms with van der Waals surface area (Å²) in [5.41, 5.74) is 7.34. The van der Waals surface area contributed by atoms with Crippen LogP contribution in [0, 0.1) is 0 Å². The number of fused-ring (bicyclic) bond motifs is 1. The minimum atomic E-state index is 0.0752. The van der Waals surface area contributed by atoms with E-state index < -0.39 is 0 Å². The molecule has 0 unspecified atom stereocenters. The van der Waals surface area contributed by atoms with E-state index in [1.54, 1.807) is 0 Å². The Kier molecular flexibility index (Phi) is 4.05. The van der Waals surface area contributed by atoms with Gasteiger partial charge >= 0.3 is 0 Å². The van der Waals surface area contributed by atoms with Crippen molar-refractivity contribution in [2.24, 2.45) is 5.73 Å². The zero-order chi connectivity index (χ0) is 13.2. The smallest absolute Gasteiger partial charge is 0.0345 e. The molecule has 2 N–H and O–H groups in total. The molecule has 0 aliphatic rings. The van der Waals surface area contributed by atoms with Crippen LogP contribution < -0.4 is 5.73 Å². The fourth-order valence-corrected chi connectivity index (χ4v) is 2.97. The Bertz CT molecular complexity index is 516. The summed E-state index contributed by atoms with van der Waals surface area (Å²) in [5, 5.41) is 3.69. The molecule has 1 heterocycles. The molecule has 0 saturated carbocycles. The largest absolute Gasteiger partial charge is 0.329 e. The predicted molar refractivity (Wildman–Crippen MR) is 81.3 cm³/mol. The first-order chi connectivity index (χ1) is 8.54. The van der Waals surface area contributed by atoms with Gasteiger partial charge in [0.1, 0.15) is 0 Å². The summed E-state index contributed by atoms with van der Waals surface area (Å²) in [4.78, 5) is 2.35. The quantitative estimate of drug-likeness (QED) is 0.897. The van der Waals surface area contributed by atoms with Gasteiger partial charge in [0.2, 0.25) is 0 Å². The van der Waals surface area contributed by atoms with Crippen LogP contribution in [0.4, 0.5) is 0 Å². The van der Waals surface area contributed by atoms with E-state index in [1.165, 1.54) is 15.6 Å². The van der Waals surface area contributed by atoms with Crippen molar-refractivity contribution in [1.82, 2.24) is 4.90 Å². The molecule has 0 aliphatic heterocycles. The monoisotopic (exact) mass is 262 g/mol. The van der Waals surface area contributed by atoms with Crippen molar-refractivity contribution in [3.63, 3.8) is 0 Å². The van der Waals surface area contributed by atoms with Gasteiger partial charge in [0.15, 0.2) is 0 Å². The number of hydrogen-bond donors (Lipinski definition) is 1. The molecule has 1 aromatic heterocycles. The highest BCUT2D eigenvalue weighted by Crippen LogP contribution is 2.26. The number of likely N-dealkylation sites (N-methyl/N-ethyl adjacent to an activating group) is 1. The molecule has 2 aromatic rings. The SMILES string of the molecule is CN(CCc1csc2ccccc12)C(C)(C)CN. The highest BCUT2D eigenvalue weighted by atomic mass is 32.1. The fraction of sp³-hybridized carbons (Fsp3) is 0.467. The van der Waals surface area contributed by atoms with Crippen molar-refractivity contribution < 1.29 is 0 Å². The van der Waals surface area contributed by atoms with Crippen LogP contribution in [0.3, 0.4) is 0 Å². The summed E-state index contributed by atoms with van der Waals surface area (Å²) in [6, 6.07) is 8.63. The molecule has 0 fully saturated rings. The van der Waals surface area contributed by atoms with Crippen LogP contribution in [0.5, 0.6) is 0 Å². The van der Waals surface area contributed by atoms with Crippen molar-refractivity contribution in [3.8, 4) is 0 Å². The molecular formula is C15H22N2S. The van der Waals surface area contributed by atoms with E-state index in [1.807, 2.05) is 11.3 Å². The van der Waals surface area contributed by atoms with Crippen LogP contribution in [0.1, 0.15) is 19.4 Å². The molecule has 98 valence electrons. The number of benzene rings is 1. The summed E-state index contributed by atoms with van der Waals surface area (Å²) in [5.74, 6) is 0. The van der Waals surface area contributed by atoms with Gasteiger partial charge in [-0.25, -0.2) is 0 Å². The summed E-state index contributed by atoms with van der Waals surface area (Å²) in [6.45, 7) is 6.12. The molecule has 0 bridgehead atoms. The molecule has 0 aliphatic carbocycles. The third kappa shape index (κ3) is 2.74. The first-order valence-corrected chi connectivity index (χ1v) is 7.29. The molecule has 1 aromatic carbocycles. The van der Waals surface area contributed by atoms with E-state index in [0.29, 0.717) is 6.54 Å². The molecule has 3 heteroatoms. The summed E-state index contributed by atoms with van der Waals surface area (Å²) >= 11 is 1.84. The van der Waals surface area contributed by atoms with E-state index >= 15 is 0 Å². The predicted octanol–water partition coefficient (Wildman–Crippen LogP) is 3.11. The lowest BCUT2D eigenvalue weighted by Crippen LogP contribution is -2.47. The fourth-order valence-electron chi connectivity index (χ4n) is 1.97. The average molecular weight is 262 g/mol. The molecule has 0 spiro atoms. The first-order valence-electron chi connectivity index (χ1n) is 6.41. The molecule has 0 radical (unpaired) electrons. The second-order valence-electron chi connectivity index (χ2n) is 5.45. The van der Waals surface area contributed by atoms with E-state index in [9.17, 15) is 0 Å². The number of nitrogens with two attached hydrogens (primary N) is 1. The van der Waals surface area contributed by atoms with Gasteiger partial charge in [0.05, 0.1) is 0 Å². The lowest BCUT2D eigenvalue weighted by Gasteiger charge is -2.34. The highest BCUT2D eigenvalue weighted by Gasteiger charge is 2.21. The van der Waals surface area contributed by atoms with Crippen molar-refractivity contribution in [3.05, 3.63) is 35.2 Å². The van der Waals surface area contributed by atoms with Crippen LogP contribution in [-0.2, 0) is 6.42 Å². The number of hydrogen-bond acceptors (Lipinski definition) is 3. The second kappa shape index (κ2) is 5.39. The van der Waals surface area contributed by atoms with Crippen molar-refractivity contribution >= 4 is 21.4 Å². The van der Waals surface area contributed by atoms with Gasteiger partial charge in [0.25, 0.3) is 0 Å². The molecule has 0 saturated heterocycles. The van der Waals surface area contributed by atoms with Gasteiger partial charge in [-0.2, -0.15) is 0 Å². The minimum absolute atomic E-state index is 0.0752. The second-order valence-corrected chi connectivity index (χ2v) is 6.36. The Morgan fingerprint density at radius 3 is 2.72 bits per heavy atom. The van der Waals surface area contributed by atoms with Gasteiger partial charge in [-0.3, -0.25) is 4.90 Å². The van der Waals surface area contributed by atoms with Crippen molar-refractivity contribution in [1.29, 1.82) is 0 Å². The van der Waals surface area contributed by atoms with Crippen molar-refractivity contribution in [2.75, 3.05) is 20.1 Å². The maximum absolute atomic E-state index is 5.81. The van der Waals surface area contributed by atoms with Crippen LogP contribution in [-0.4, -0.2) is 30.6 Å². The van der Waals surface area contributed by atoms with E-state index in [2.05, 4.69) is 55.4 Å². The first kappa shape index (κ1) is 13.5. The van der Waals surface area contributed by atoms with E-state index in [4.69, 9.17) is 5.73 Å². The Hall–Kier alpha value is -0.900. The molecule has 0 atom stereocenters. The van der Waals surface area contributed by atoms with Gasteiger partial charge < -0.3 is 5.73 Å². The molecule has 2 nitrogen and oxygen atoms in total. The maximum Gasteiger partial charge on any atom is 0.0345 e. The average Bonchev–Trinajstić information content (AvgIpc) is 2.79. The summed E-state index contributed by atoms with van der Waals surface area (Å²) in [7, 11) is 2.15. The van der Waals surface area contributed by atoms with Crippen LogP contribution in [0.15, 0.2) is 29.6 Å². The molecule has 18 heavy (non-hydrogen) atoms. The summed E-state index contributed by atoms with van der Waals surface area (Å²) in [6.07, 6.45) is 1.09. The third-order valence-corrected chi connectivity index (χ3v) is 4.82. The Labute approximate surface area is 113 Å². The van der Waals surface area contributed by atoms with Gasteiger partial charge in [-0.05, 0) is 49.7 Å². The molecule has 0 amide bonds. The third-order valence-electron chi connectivity index (χ3n) is 3.81. The molecular weight excluding hydrogens is 240 g/mol. The van der Waals surface area contributed by atoms with Crippen LogP contribution >= 0.6 is 11.3 Å². The van der Waals surface area contributed by atoms with Gasteiger partial charge in [-0.15, -0.1) is 11.3 Å². The van der Waals surface area contributed by atoms with Gasteiger partial charge in [-0.1, -0.05) is 18.2 Å². The Morgan fingerprint density at radius 1 is 1.28 bits per heavy atom. The van der Waals surface area contributed by atoms with Crippen LogP contribution in [0.25, 0.3) is 10.1 Å². The number of thiophene rings is 1. The normalized spacial score (nSPS) is 12.5. The summed E-state index contributed by atoms with van der Waals surface area (Å²) < 4.78 is 1.38. The lowest BCUT2D eigenvalue weighted by molar-refractivity contribution is 0.166. The van der Waals surface area contributed by atoms with E-state index in [-0.39, 0.29) is 5.54 Å². The van der Waals surface area contributed by atoms with E-state index in [0.717, 1.165) is 13.0 Å². The number of nitrogens with zero attached hydrogens (tertiary/aromatic N) is 1. The highest BCUT2D eigenvalue weighted by molar-refractivity contribution is 7.17. The maximum atomic E-state index is 5.81. The minimum Gasteiger partial charge on any atom is -0.329 e. The lowest BCUT2D eigenvalue weighted by atomic mass is 10.0. The van der Waals surface area contributed by atoms with Crippen molar-refractivity contribution in [2.45, 2.75) is 25.8 Å². The number of rotatable bonds is 5.